The van der Waals surface area contributed by atoms with Crippen LogP contribution in [0.4, 0.5) is 0 Å². The van der Waals surface area contributed by atoms with E-state index in [4.69, 9.17) is 49.8 Å². The zero-order valence-corrected chi connectivity index (χ0v) is 65.0. The van der Waals surface area contributed by atoms with Gasteiger partial charge >= 0.3 is 0 Å². The molecule has 0 atom stereocenters. The number of aromatic nitrogens is 10. The fourth-order valence-electron chi connectivity index (χ4n) is 15.6. The van der Waals surface area contributed by atoms with E-state index in [2.05, 4.69) is 255 Å². The Morgan fingerprint density at radius 1 is 0.136 bits per heavy atom. The Morgan fingerprint density at radius 3 is 0.737 bits per heavy atom. The number of rotatable bonds is 14. The second kappa shape index (κ2) is 30.9. The van der Waals surface area contributed by atoms with Crippen LogP contribution in [-0.4, -0.2) is 49.8 Å². The molecule has 0 amide bonds. The molecule has 0 saturated carbocycles. The average Bonchev–Trinajstić information content (AvgIpc) is 1.59. The van der Waals surface area contributed by atoms with Crippen molar-refractivity contribution >= 4 is 84.6 Å². The minimum absolute atomic E-state index is 0.613. The van der Waals surface area contributed by atoms with E-state index in [9.17, 15) is 0 Å². The first-order chi connectivity index (χ1) is 58.4. The Hall–Kier alpha value is -15.3. The fraction of sp³-hybridized carbons (Fsp3) is 0. The molecule has 22 aromatic rings. The summed E-state index contributed by atoms with van der Waals surface area (Å²) in [6.07, 6.45) is 0. The van der Waals surface area contributed by atoms with Crippen LogP contribution in [0.25, 0.3) is 220 Å². The highest BCUT2D eigenvalue weighted by atomic mass is 32.1. The molecule has 0 radical (unpaired) electrons. The first-order valence-electron chi connectivity index (χ1n) is 39.1. The summed E-state index contributed by atoms with van der Waals surface area (Å²) >= 11 is 3.67. The largest absolute Gasteiger partial charge is 0.228 e. The third-order valence-electron chi connectivity index (χ3n) is 21.5. The molecule has 552 valence electrons. The average molecular weight is 1540 g/mol. The molecule has 6 heterocycles. The van der Waals surface area contributed by atoms with Crippen molar-refractivity contribution in [2.24, 2.45) is 0 Å². The number of benzene rings is 16. The quantitative estimate of drug-likeness (QED) is 0.104. The van der Waals surface area contributed by atoms with Gasteiger partial charge in [0, 0.05) is 107 Å². The molecule has 16 aromatic carbocycles. The molecule has 22 rings (SSSR count). The van der Waals surface area contributed by atoms with Crippen LogP contribution >= 0.6 is 22.7 Å². The molecule has 0 unspecified atom stereocenters. The first kappa shape index (κ1) is 70.5. The van der Waals surface area contributed by atoms with Gasteiger partial charge in [-0.3, -0.25) is 0 Å². The second-order valence-corrected chi connectivity index (χ2v) is 31.2. The molecular weight excluding hydrogens is 1480 g/mol. The molecule has 12 heteroatoms. The summed E-state index contributed by atoms with van der Waals surface area (Å²) in [7, 11) is 0. The first-order valence-corrected chi connectivity index (χ1v) is 40.8. The van der Waals surface area contributed by atoms with Gasteiger partial charge in [-0.1, -0.05) is 328 Å². The maximum Gasteiger partial charge on any atom is 0.164 e. The van der Waals surface area contributed by atoms with Crippen molar-refractivity contribution in [1.82, 2.24) is 49.8 Å². The monoisotopic (exact) mass is 1540 g/mol. The fourth-order valence-corrected chi connectivity index (χ4v) is 17.8. The SMILES string of the molecule is c1ccc(-c2cc(-c3cccc(-c4cccc(-c5nc(-c6ccccc6)nc(-c6ccc7ccc8sc9ccccc9c8c7c6)n5)c4)c3)nc(-c3ccccc3)n2)cc1.c1ccc(-c2nc(-c3cccc(-c4cccc(-c5nc(-c6ccccc6)nc(-c6ccccc6)n5)c4)c3)cc(-c3ccc4ccc5sc6ccccc6c5c4c3)n2)cc1. The predicted molar refractivity (Wildman–Crippen MR) is 488 cm³/mol. The van der Waals surface area contributed by atoms with Gasteiger partial charge in [0.05, 0.1) is 22.8 Å². The van der Waals surface area contributed by atoms with Crippen molar-refractivity contribution in [3.63, 3.8) is 0 Å². The van der Waals surface area contributed by atoms with Crippen molar-refractivity contribution in [3.05, 3.63) is 400 Å². The van der Waals surface area contributed by atoms with Gasteiger partial charge in [0.15, 0.2) is 46.6 Å². The molecule has 0 fully saturated rings. The van der Waals surface area contributed by atoms with E-state index < -0.39 is 0 Å². The van der Waals surface area contributed by atoms with Crippen LogP contribution in [0.1, 0.15) is 0 Å². The highest BCUT2D eigenvalue weighted by molar-refractivity contribution is 7.26. The van der Waals surface area contributed by atoms with Crippen LogP contribution in [0.3, 0.4) is 0 Å². The number of hydrogen-bond acceptors (Lipinski definition) is 12. The van der Waals surface area contributed by atoms with Gasteiger partial charge < -0.3 is 0 Å². The van der Waals surface area contributed by atoms with Crippen molar-refractivity contribution in [3.8, 4) is 158 Å². The Bertz CT molecular complexity index is 6990. The van der Waals surface area contributed by atoms with Crippen LogP contribution in [0, 0.1) is 0 Å². The highest BCUT2D eigenvalue weighted by Crippen LogP contribution is 2.44. The topological polar surface area (TPSA) is 129 Å². The number of thiophene rings is 2. The molecule has 118 heavy (non-hydrogen) atoms. The summed E-state index contributed by atoms with van der Waals surface area (Å²) in [5.74, 6) is 5.13. The lowest BCUT2D eigenvalue weighted by Gasteiger charge is -2.12. The number of hydrogen-bond donors (Lipinski definition) is 0. The Balaban J connectivity index is 0.000000147. The molecule has 0 N–H and O–H groups in total. The summed E-state index contributed by atoms with van der Waals surface area (Å²) in [4.78, 5) is 50.7. The Morgan fingerprint density at radius 2 is 0.373 bits per heavy atom. The molecule has 10 nitrogen and oxygen atoms in total. The van der Waals surface area contributed by atoms with Gasteiger partial charge in [0.2, 0.25) is 0 Å². The zero-order valence-electron chi connectivity index (χ0n) is 63.4. The summed E-state index contributed by atoms with van der Waals surface area (Å²) in [6, 6.07) is 139. The number of nitrogens with zero attached hydrogens (tertiary/aromatic N) is 10. The predicted octanol–water partition coefficient (Wildman–Crippen LogP) is 27.7. The van der Waals surface area contributed by atoms with Crippen LogP contribution in [0.15, 0.2) is 400 Å². The Labute approximate surface area is 688 Å². The van der Waals surface area contributed by atoms with Gasteiger partial charge in [0.25, 0.3) is 0 Å². The van der Waals surface area contributed by atoms with E-state index in [1.165, 1.54) is 61.9 Å². The molecule has 0 bridgehead atoms. The van der Waals surface area contributed by atoms with Gasteiger partial charge in [-0.15, -0.1) is 22.7 Å². The lowest BCUT2D eigenvalue weighted by Crippen LogP contribution is -2.00. The summed E-state index contributed by atoms with van der Waals surface area (Å²) in [5.41, 5.74) is 19.3. The minimum Gasteiger partial charge on any atom is -0.228 e. The molecule has 0 aliphatic heterocycles. The maximum absolute atomic E-state index is 5.19. The van der Waals surface area contributed by atoms with Crippen molar-refractivity contribution in [1.29, 1.82) is 0 Å². The lowest BCUT2D eigenvalue weighted by molar-refractivity contribution is 1.07. The van der Waals surface area contributed by atoms with Crippen molar-refractivity contribution < 1.29 is 0 Å². The maximum atomic E-state index is 5.19. The highest BCUT2D eigenvalue weighted by Gasteiger charge is 2.21. The summed E-state index contributed by atoms with van der Waals surface area (Å²) in [6.45, 7) is 0. The molecule has 0 spiro atoms. The van der Waals surface area contributed by atoms with Gasteiger partial charge in [0.1, 0.15) is 0 Å². The molecule has 0 saturated heterocycles. The zero-order chi connectivity index (χ0) is 78.2. The van der Waals surface area contributed by atoms with Gasteiger partial charge in [-0.2, -0.15) is 0 Å². The third kappa shape index (κ3) is 14.1. The van der Waals surface area contributed by atoms with E-state index in [1.807, 2.05) is 168 Å². The van der Waals surface area contributed by atoms with Crippen LogP contribution in [0.2, 0.25) is 0 Å². The van der Waals surface area contributed by atoms with E-state index in [0.29, 0.717) is 46.6 Å². The summed E-state index contributed by atoms with van der Waals surface area (Å²) in [5, 5.41) is 9.94. The van der Waals surface area contributed by atoms with Crippen LogP contribution in [-0.2, 0) is 0 Å². The van der Waals surface area contributed by atoms with Crippen LogP contribution < -0.4 is 0 Å². The summed E-state index contributed by atoms with van der Waals surface area (Å²) < 4.78 is 5.13. The van der Waals surface area contributed by atoms with Crippen molar-refractivity contribution in [2.75, 3.05) is 0 Å². The van der Waals surface area contributed by atoms with Crippen LogP contribution in [0.5, 0.6) is 0 Å². The lowest BCUT2D eigenvalue weighted by atomic mass is 9.98. The van der Waals surface area contributed by atoms with Crippen molar-refractivity contribution in [2.45, 2.75) is 0 Å². The molecular formula is C106H66N10S2. The number of fused-ring (bicyclic) bond motifs is 10. The molecule has 0 aliphatic rings. The normalized spacial score (nSPS) is 11.4. The molecule has 0 aliphatic carbocycles. The Kier molecular flexibility index (Phi) is 18.4. The minimum atomic E-state index is 0.613. The van der Waals surface area contributed by atoms with E-state index >= 15 is 0 Å². The standard InChI is InChI=1S/2C53H33N5S/c1-4-14-35(15-5-1)50-54-45(33-46(55-50)41-27-26-34-28-29-48-49(44(34)32-41)43-24-10-11-25-47(43)59-48)40-22-12-20-38(30-40)39-21-13-23-42(31-39)53-57-51(36-16-6-2-7-17-36)56-52(58-53)37-18-8-3-9-19-37;1-4-14-35(15-5-1)45-33-46(55-50(54-45)36-16-6-2-7-17-36)40-22-12-20-38(30-40)39-21-13-23-41(31-39)52-56-51(37-18-8-3-9-19-37)57-53(58-52)42-27-26-34-28-29-48-49(44(34)32-42)43-24-10-11-25-47(43)59-48/h2*1-33H. The second-order valence-electron chi connectivity index (χ2n) is 29.0. The van der Waals surface area contributed by atoms with Gasteiger partial charge in [-0.05, 0) is 117 Å². The van der Waals surface area contributed by atoms with E-state index in [-0.39, 0.29) is 0 Å². The molecule has 6 aromatic heterocycles. The van der Waals surface area contributed by atoms with E-state index in [0.717, 1.165) is 112 Å². The van der Waals surface area contributed by atoms with Gasteiger partial charge in [-0.25, -0.2) is 49.8 Å². The van der Waals surface area contributed by atoms with E-state index in [1.54, 1.807) is 0 Å². The smallest absolute Gasteiger partial charge is 0.164 e. The third-order valence-corrected chi connectivity index (χ3v) is 23.7.